The van der Waals surface area contributed by atoms with Crippen LogP contribution >= 0.6 is 0 Å². The summed E-state index contributed by atoms with van der Waals surface area (Å²) in [4.78, 5) is 12.0. The highest BCUT2D eigenvalue weighted by Crippen LogP contribution is 2.12. The predicted molar refractivity (Wildman–Crippen MR) is 66.4 cm³/mol. The summed E-state index contributed by atoms with van der Waals surface area (Å²) in [6.07, 6.45) is 2.78. The van der Waals surface area contributed by atoms with E-state index < -0.39 is 0 Å². The van der Waals surface area contributed by atoms with Crippen LogP contribution in [-0.4, -0.2) is 16.0 Å². The fraction of sp³-hybridized carbons (Fsp3) is 0.583. The molecule has 0 atom stereocenters. The molecule has 90 valence electrons. The van der Waals surface area contributed by atoms with Gasteiger partial charge in [-0.05, 0) is 33.3 Å². The van der Waals surface area contributed by atoms with E-state index in [-0.39, 0.29) is 11.4 Å². The Hall–Kier alpha value is -1.45. The SMILES string of the molecule is CCCn1cc(N)cc1C(=O)NC(C)(C)C. The Morgan fingerprint density at radius 1 is 1.50 bits per heavy atom. The van der Waals surface area contributed by atoms with Crippen LogP contribution in [0.2, 0.25) is 0 Å². The van der Waals surface area contributed by atoms with E-state index in [1.165, 1.54) is 0 Å². The smallest absolute Gasteiger partial charge is 0.268 e. The topological polar surface area (TPSA) is 60.0 Å². The zero-order valence-corrected chi connectivity index (χ0v) is 10.5. The predicted octanol–water partition coefficient (Wildman–Crippen LogP) is 2.01. The molecule has 1 amide bonds. The van der Waals surface area contributed by atoms with Crippen LogP contribution in [0.5, 0.6) is 0 Å². The fourth-order valence-electron chi connectivity index (χ4n) is 1.55. The van der Waals surface area contributed by atoms with Gasteiger partial charge >= 0.3 is 0 Å². The van der Waals surface area contributed by atoms with E-state index in [2.05, 4.69) is 12.2 Å². The summed E-state index contributed by atoms with van der Waals surface area (Å²) in [5.74, 6) is -0.0716. The maximum absolute atomic E-state index is 12.0. The summed E-state index contributed by atoms with van der Waals surface area (Å²) in [5, 5.41) is 2.93. The molecule has 0 aromatic carbocycles. The molecule has 1 aromatic heterocycles. The van der Waals surface area contributed by atoms with Crippen molar-refractivity contribution in [2.75, 3.05) is 5.73 Å². The molecule has 0 bridgehead atoms. The quantitative estimate of drug-likeness (QED) is 0.823. The van der Waals surface area contributed by atoms with Gasteiger partial charge in [-0.2, -0.15) is 0 Å². The normalized spacial score (nSPS) is 11.5. The van der Waals surface area contributed by atoms with Gasteiger partial charge < -0.3 is 15.6 Å². The molecule has 0 unspecified atom stereocenters. The van der Waals surface area contributed by atoms with Crippen LogP contribution in [0, 0.1) is 0 Å². The summed E-state index contributed by atoms with van der Waals surface area (Å²) in [6.45, 7) is 8.76. The van der Waals surface area contributed by atoms with Crippen LogP contribution in [-0.2, 0) is 6.54 Å². The lowest BCUT2D eigenvalue weighted by molar-refractivity contribution is 0.0910. The average Bonchev–Trinajstić information content (AvgIpc) is 2.44. The highest BCUT2D eigenvalue weighted by atomic mass is 16.2. The molecule has 0 fully saturated rings. The van der Waals surface area contributed by atoms with E-state index in [1.54, 1.807) is 12.3 Å². The first-order valence-electron chi connectivity index (χ1n) is 5.61. The number of carbonyl (C=O) groups is 1. The minimum atomic E-state index is -0.229. The Bertz CT molecular complexity index is 374. The lowest BCUT2D eigenvalue weighted by Crippen LogP contribution is -2.41. The van der Waals surface area contributed by atoms with Gasteiger partial charge in [-0.3, -0.25) is 4.79 Å². The van der Waals surface area contributed by atoms with Gasteiger partial charge in [0, 0.05) is 18.3 Å². The van der Waals surface area contributed by atoms with Crippen molar-refractivity contribution in [3.63, 3.8) is 0 Å². The van der Waals surface area contributed by atoms with Gasteiger partial charge in [0.25, 0.3) is 5.91 Å². The van der Waals surface area contributed by atoms with Gasteiger partial charge in [0.1, 0.15) is 5.69 Å². The molecule has 0 aliphatic rings. The molecular formula is C12H21N3O. The van der Waals surface area contributed by atoms with E-state index in [0.29, 0.717) is 11.4 Å². The van der Waals surface area contributed by atoms with Crippen LogP contribution in [0.1, 0.15) is 44.6 Å². The molecule has 0 radical (unpaired) electrons. The van der Waals surface area contributed by atoms with Gasteiger partial charge in [0.2, 0.25) is 0 Å². The van der Waals surface area contributed by atoms with Gasteiger partial charge in [-0.15, -0.1) is 0 Å². The van der Waals surface area contributed by atoms with E-state index in [1.807, 2.05) is 25.3 Å². The van der Waals surface area contributed by atoms with Gasteiger partial charge in [-0.1, -0.05) is 6.92 Å². The van der Waals surface area contributed by atoms with Crippen LogP contribution in [0.15, 0.2) is 12.3 Å². The van der Waals surface area contributed by atoms with Crippen molar-refractivity contribution in [2.45, 2.75) is 46.2 Å². The van der Waals surface area contributed by atoms with Crippen LogP contribution in [0.3, 0.4) is 0 Å². The number of amides is 1. The largest absolute Gasteiger partial charge is 0.397 e. The van der Waals surface area contributed by atoms with E-state index in [0.717, 1.165) is 13.0 Å². The Morgan fingerprint density at radius 3 is 2.62 bits per heavy atom. The first kappa shape index (κ1) is 12.6. The summed E-state index contributed by atoms with van der Waals surface area (Å²) >= 11 is 0. The van der Waals surface area contributed by atoms with Crippen molar-refractivity contribution in [3.8, 4) is 0 Å². The van der Waals surface area contributed by atoms with E-state index in [9.17, 15) is 4.79 Å². The molecule has 3 N–H and O–H groups in total. The molecule has 0 saturated carbocycles. The third-order valence-corrected chi connectivity index (χ3v) is 2.10. The highest BCUT2D eigenvalue weighted by molar-refractivity contribution is 5.94. The fourth-order valence-corrected chi connectivity index (χ4v) is 1.55. The highest BCUT2D eigenvalue weighted by Gasteiger charge is 2.18. The number of nitrogens with zero attached hydrogens (tertiary/aromatic N) is 1. The lowest BCUT2D eigenvalue weighted by Gasteiger charge is -2.21. The summed E-state index contributed by atoms with van der Waals surface area (Å²) < 4.78 is 1.90. The minimum Gasteiger partial charge on any atom is -0.397 e. The molecule has 16 heavy (non-hydrogen) atoms. The molecule has 0 aliphatic carbocycles. The Kier molecular flexibility index (Phi) is 3.62. The number of anilines is 1. The summed E-state index contributed by atoms with van der Waals surface area (Å²) in [7, 11) is 0. The molecule has 4 nitrogen and oxygen atoms in total. The number of carbonyl (C=O) groups excluding carboxylic acids is 1. The van der Waals surface area contributed by atoms with Crippen molar-refractivity contribution in [1.29, 1.82) is 0 Å². The van der Waals surface area contributed by atoms with Crippen LogP contribution < -0.4 is 11.1 Å². The second-order valence-electron chi connectivity index (χ2n) is 5.06. The van der Waals surface area contributed by atoms with Gasteiger partial charge in [0.15, 0.2) is 0 Å². The molecule has 4 heteroatoms. The number of hydrogen-bond acceptors (Lipinski definition) is 2. The van der Waals surface area contributed by atoms with Crippen molar-refractivity contribution < 1.29 is 4.79 Å². The summed E-state index contributed by atoms with van der Waals surface area (Å²) in [6, 6.07) is 1.72. The minimum absolute atomic E-state index is 0.0716. The number of aromatic nitrogens is 1. The van der Waals surface area contributed by atoms with Crippen LogP contribution in [0.25, 0.3) is 0 Å². The van der Waals surface area contributed by atoms with Crippen molar-refractivity contribution >= 4 is 11.6 Å². The molecular weight excluding hydrogens is 202 g/mol. The Balaban J connectivity index is 2.90. The molecule has 0 saturated heterocycles. The molecule has 0 aliphatic heterocycles. The maximum atomic E-state index is 12.0. The molecule has 0 spiro atoms. The number of nitrogen functional groups attached to an aromatic ring is 1. The summed E-state index contributed by atoms with van der Waals surface area (Å²) in [5.41, 5.74) is 6.75. The first-order chi connectivity index (χ1) is 7.33. The molecule has 1 heterocycles. The monoisotopic (exact) mass is 223 g/mol. The first-order valence-corrected chi connectivity index (χ1v) is 5.61. The number of aryl methyl sites for hydroxylation is 1. The van der Waals surface area contributed by atoms with E-state index >= 15 is 0 Å². The number of nitrogens with two attached hydrogens (primary N) is 1. The van der Waals surface area contributed by atoms with Crippen molar-refractivity contribution in [3.05, 3.63) is 18.0 Å². The standard InChI is InChI=1S/C12H21N3O/c1-5-6-15-8-9(13)7-10(15)11(16)14-12(2,3)4/h7-8H,5-6,13H2,1-4H3,(H,14,16). The maximum Gasteiger partial charge on any atom is 0.268 e. The Morgan fingerprint density at radius 2 is 2.12 bits per heavy atom. The second-order valence-corrected chi connectivity index (χ2v) is 5.06. The third kappa shape index (κ3) is 3.29. The number of rotatable bonds is 3. The number of nitrogens with one attached hydrogen (secondary N) is 1. The van der Waals surface area contributed by atoms with Gasteiger partial charge in [-0.25, -0.2) is 0 Å². The van der Waals surface area contributed by atoms with Crippen molar-refractivity contribution in [2.24, 2.45) is 0 Å². The molecule has 1 rings (SSSR count). The number of hydrogen-bond donors (Lipinski definition) is 2. The lowest BCUT2D eigenvalue weighted by atomic mass is 10.1. The second kappa shape index (κ2) is 4.60. The van der Waals surface area contributed by atoms with Crippen molar-refractivity contribution in [1.82, 2.24) is 9.88 Å². The van der Waals surface area contributed by atoms with Gasteiger partial charge in [0.05, 0.1) is 5.69 Å². The third-order valence-electron chi connectivity index (χ3n) is 2.10. The van der Waals surface area contributed by atoms with Crippen LogP contribution in [0.4, 0.5) is 5.69 Å². The Labute approximate surface area is 96.8 Å². The van der Waals surface area contributed by atoms with E-state index in [4.69, 9.17) is 5.73 Å². The zero-order valence-electron chi connectivity index (χ0n) is 10.5. The zero-order chi connectivity index (χ0) is 12.3. The molecule has 1 aromatic rings. The average molecular weight is 223 g/mol.